The largest absolute Gasteiger partial charge is 0.456 e. The number of benzene rings is 1. The molecule has 3 aromatic rings. The number of imidazole rings is 1. The van der Waals surface area contributed by atoms with Gasteiger partial charge in [0, 0.05) is 6.54 Å². The normalized spacial score (nSPS) is 15.2. The van der Waals surface area contributed by atoms with Gasteiger partial charge in [-0.1, -0.05) is 13.8 Å². The predicted molar refractivity (Wildman–Crippen MR) is 100 cm³/mol. The summed E-state index contributed by atoms with van der Waals surface area (Å²) in [6.45, 7) is 4.60. The maximum absolute atomic E-state index is 14.4. The van der Waals surface area contributed by atoms with Crippen LogP contribution < -0.4 is 11.2 Å². The quantitative estimate of drug-likeness (QED) is 0.452. The monoisotopic (exact) mass is 393 g/mol. The molecule has 0 spiro atoms. The van der Waals surface area contributed by atoms with Gasteiger partial charge in [0.2, 0.25) is 5.50 Å². The van der Waals surface area contributed by atoms with Crippen molar-refractivity contribution in [3.05, 3.63) is 29.8 Å². The molecule has 0 atom stereocenters. The molecule has 1 aromatic carbocycles. The van der Waals surface area contributed by atoms with Gasteiger partial charge in [-0.3, -0.25) is 4.57 Å². The Morgan fingerprint density at radius 2 is 2.15 bits per heavy atom. The molecule has 0 amide bonds. The van der Waals surface area contributed by atoms with E-state index in [0.29, 0.717) is 17.9 Å². The molecule has 1 aliphatic rings. The average molecular weight is 393 g/mol. The fourth-order valence-corrected chi connectivity index (χ4v) is 4.17. The highest BCUT2D eigenvalue weighted by atomic mass is 31.2. The van der Waals surface area contributed by atoms with Crippen molar-refractivity contribution in [1.29, 1.82) is 0 Å². The maximum Gasteiger partial charge on any atom is 0.391 e. The van der Waals surface area contributed by atoms with E-state index in [-0.39, 0.29) is 23.1 Å². The molecule has 0 aliphatic heterocycles. The second-order valence-electron chi connectivity index (χ2n) is 7.46. The first kappa shape index (κ1) is 18.2. The minimum atomic E-state index is -4.64. The topological polar surface area (TPSA) is 115 Å². The molecule has 0 bridgehead atoms. The van der Waals surface area contributed by atoms with Gasteiger partial charge in [-0.15, -0.1) is 0 Å². The number of furan rings is 1. The lowest BCUT2D eigenvalue weighted by molar-refractivity contribution is 0.376. The second-order valence-corrected chi connectivity index (χ2v) is 8.95. The molecule has 2 heterocycles. The highest BCUT2D eigenvalue weighted by Gasteiger charge is 2.33. The standard InChI is InChI=1S/C18H21FN3O4P/c1-9(2)8-22-16-12(10-3-4-10)7-13(19)14(20)15(16)21-17(22)11-5-6-26-18(11)27(23,24)25/h5-7,9-10H,3-4,8,20H2,1-2H3,(H2,23,24,25). The van der Waals surface area contributed by atoms with Crippen molar-refractivity contribution in [2.24, 2.45) is 5.92 Å². The van der Waals surface area contributed by atoms with Crippen LogP contribution in [0.25, 0.3) is 22.4 Å². The molecule has 2 aromatic heterocycles. The summed E-state index contributed by atoms with van der Waals surface area (Å²) in [6, 6.07) is 2.94. The Bertz CT molecular complexity index is 1080. The van der Waals surface area contributed by atoms with Crippen LogP contribution in [0.5, 0.6) is 0 Å². The molecule has 144 valence electrons. The first-order valence-corrected chi connectivity index (χ1v) is 10.4. The molecule has 4 rings (SSSR count). The van der Waals surface area contributed by atoms with Crippen LogP contribution in [0, 0.1) is 11.7 Å². The lowest BCUT2D eigenvalue weighted by Gasteiger charge is -2.14. The molecule has 7 nitrogen and oxygen atoms in total. The molecule has 4 N–H and O–H groups in total. The van der Waals surface area contributed by atoms with Crippen molar-refractivity contribution in [2.45, 2.75) is 39.2 Å². The van der Waals surface area contributed by atoms with Crippen LogP contribution in [0.4, 0.5) is 10.1 Å². The number of hydrogen-bond acceptors (Lipinski definition) is 4. The molecular weight excluding hydrogens is 372 g/mol. The van der Waals surface area contributed by atoms with Gasteiger partial charge in [0.15, 0.2) is 0 Å². The number of halogens is 1. The van der Waals surface area contributed by atoms with Crippen molar-refractivity contribution in [1.82, 2.24) is 9.55 Å². The van der Waals surface area contributed by atoms with Gasteiger partial charge < -0.3 is 24.5 Å². The van der Waals surface area contributed by atoms with Crippen molar-refractivity contribution < 1.29 is 23.2 Å². The fourth-order valence-electron chi connectivity index (χ4n) is 3.48. The van der Waals surface area contributed by atoms with Gasteiger partial charge in [0.1, 0.15) is 17.2 Å². The van der Waals surface area contributed by atoms with Gasteiger partial charge in [-0.25, -0.2) is 9.37 Å². The lowest BCUT2D eigenvalue weighted by atomic mass is 10.1. The molecule has 0 radical (unpaired) electrons. The van der Waals surface area contributed by atoms with Gasteiger partial charge in [-0.2, -0.15) is 0 Å². The summed E-state index contributed by atoms with van der Waals surface area (Å²) in [4.78, 5) is 23.7. The third-order valence-electron chi connectivity index (χ3n) is 4.75. The molecule has 0 unspecified atom stereocenters. The van der Waals surface area contributed by atoms with E-state index in [1.807, 2.05) is 18.4 Å². The van der Waals surface area contributed by atoms with E-state index >= 15 is 0 Å². The second kappa shape index (κ2) is 6.19. The van der Waals surface area contributed by atoms with Crippen molar-refractivity contribution >= 4 is 29.8 Å². The number of nitrogens with two attached hydrogens (primary N) is 1. The number of aromatic nitrogens is 2. The zero-order valence-corrected chi connectivity index (χ0v) is 15.9. The van der Waals surface area contributed by atoms with Crippen molar-refractivity contribution in [2.75, 3.05) is 5.73 Å². The van der Waals surface area contributed by atoms with Crippen molar-refractivity contribution in [3.63, 3.8) is 0 Å². The Morgan fingerprint density at radius 1 is 1.44 bits per heavy atom. The van der Waals surface area contributed by atoms with Gasteiger partial charge in [0.05, 0.1) is 23.0 Å². The maximum atomic E-state index is 14.4. The van der Waals surface area contributed by atoms with E-state index in [1.54, 1.807) is 0 Å². The van der Waals surface area contributed by atoms with Crippen LogP contribution in [-0.2, 0) is 11.1 Å². The molecule has 1 fully saturated rings. The minimum absolute atomic E-state index is 0.0561. The number of rotatable bonds is 5. The fraction of sp³-hybridized carbons (Fsp3) is 0.389. The third kappa shape index (κ3) is 3.08. The number of anilines is 1. The van der Waals surface area contributed by atoms with Gasteiger partial charge in [-0.05, 0) is 42.4 Å². The first-order valence-electron chi connectivity index (χ1n) is 8.80. The van der Waals surface area contributed by atoms with E-state index in [2.05, 4.69) is 4.98 Å². The smallest absolute Gasteiger partial charge is 0.391 e. The zero-order chi connectivity index (χ0) is 19.5. The summed E-state index contributed by atoms with van der Waals surface area (Å²) in [5.41, 5.74) is 7.56. The Hall–Kier alpha value is -2.15. The third-order valence-corrected chi connectivity index (χ3v) is 5.63. The first-order chi connectivity index (χ1) is 12.7. The number of fused-ring (bicyclic) bond motifs is 1. The van der Waals surface area contributed by atoms with Crippen LogP contribution in [0.1, 0.15) is 38.2 Å². The number of nitrogens with zero attached hydrogens (tertiary/aromatic N) is 2. The molecule has 27 heavy (non-hydrogen) atoms. The van der Waals surface area contributed by atoms with E-state index < -0.39 is 18.9 Å². The number of hydrogen-bond donors (Lipinski definition) is 3. The molecule has 1 saturated carbocycles. The minimum Gasteiger partial charge on any atom is -0.456 e. The summed E-state index contributed by atoms with van der Waals surface area (Å²) >= 11 is 0. The summed E-state index contributed by atoms with van der Waals surface area (Å²) in [6.07, 6.45) is 3.16. The summed E-state index contributed by atoms with van der Waals surface area (Å²) in [7, 11) is -4.64. The summed E-state index contributed by atoms with van der Waals surface area (Å²) in [5.74, 6) is 0.283. The summed E-state index contributed by atoms with van der Waals surface area (Å²) < 4.78 is 33.2. The van der Waals surface area contributed by atoms with Crippen LogP contribution in [0.3, 0.4) is 0 Å². The average Bonchev–Trinajstić information content (AvgIpc) is 3.16. The van der Waals surface area contributed by atoms with Crippen molar-refractivity contribution in [3.8, 4) is 11.4 Å². The zero-order valence-electron chi connectivity index (χ0n) is 15.0. The van der Waals surface area contributed by atoms with E-state index in [1.165, 1.54) is 18.4 Å². The Morgan fingerprint density at radius 3 is 2.74 bits per heavy atom. The van der Waals surface area contributed by atoms with E-state index in [0.717, 1.165) is 23.9 Å². The van der Waals surface area contributed by atoms with Crippen LogP contribution in [-0.4, -0.2) is 19.3 Å². The van der Waals surface area contributed by atoms with E-state index in [4.69, 9.17) is 10.2 Å². The number of nitrogen functional groups attached to an aromatic ring is 1. The summed E-state index contributed by atoms with van der Waals surface area (Å²) in [5, 5.41) is 0. The highest BCUT2D eigenvalue weighted by molar-refractivity contribution is 7.60. The Labute approximate surface area is 155 Å². The SMILES string of the molecule is CC(C)Cn1c(-c2ccoc2P(=O)(O)O)nc2c(N)c(F)cc(C3CC3)c21. The molecule has 0 saturated heterocycles. The van der Waals surface area contributed by atoms with E-state index in [9.17, 15) is 18.7 Å². The van der Waals surface area contributed by atoms with Gasteiger partial charge in [0.25, 0.3) is 0 Å². The molecular formula is C18H21FN3O4P. The van der Waals surface area contributed by atoms with Crippen LogP contribution in [0.15, 0.2) is 22.8 Å². The lowest BCUT2D eigenvalue weighted by Crippen LogP contribution is -2.11. The Kier molecular flexibility index (Phi) is 4.18. The Balaban J connectivity index is 2.07. The van der Waals surface area contributed by atoms with Crippen LogP contribution in [0.2, 0.25) is 0 Å². The van der Waals surface area contributed by atoms with Crippen LogP contribution >= 0.6 is 7.60 Å². The predicted octanol–water partition coefficient (Wildman–Crippen LogP) is 3.35. The van der Waals surface area contributed by atoms with Gasteiger partial charge >= 0.3 is 7.60 Å². The highest BCUT2D eigenvalue weighted by Crippen LogP contribution is 2.46. The molecule has 9 heteroatoms. The molecule has 1 aliphatic carbocycles.